The van der Waals surface area contributed by atoms with Crippen LogP contribution in [0.5, 0.6) is 0 Å². The van der Waals surface area contributed by atoms with E-state index in [-0.39, 0.29) is 11.1 Å². The predicted molar refractivity (Wildman–Crippen MR) is 70.7 cm³/mol. The monoisotopic (exact) mass is 265 g/mol. The number of hydrogen-bond donors (Lipinski definition) is 2. The zero-order valence-electron chi connectivity index (χ0n) is 9.61. The van der Waals surface area contributed by atoms with Crippen LogP contribution in [0.25, 0.3) is 0 Å². The summed E-state index contributed by atoms with van der Waals surface area (Å²) in [4.78, 5) is 4.00. The van der Waals surface area contributed by atoms with E-state index < -0.39 is 5.82 Å². The van der Waals surface area contributed by atoms with E-state index in [1.807, 2.05) is 0 Å². The molecule has 1 aromatic heterocycles. The van der Waals surface area contributed by atoms with Gasteiger partial charge in [-0.15, -0.1) is 0 Å². The molecule has 1 aromatic carbocycles. The van der Waals surface area contributed by atoms with Gasteiger partial charge in [0.1, 0.15) is 5.82 Å². The topological polar surface area (TPSA) is 64.9 Å². The second-order valence-electron chi connectivity index (χ2n) is 4.06. The number of halogens is 2. The van der Waals surface area contributed by atoms with Gasteiger partial charge in [-0.05, 0) is 35.7 Å². The number of rotatable bonds is 3. The molecule has 0 bridgehead atoms. The van der Waals surface area contributed by atoms with Crippen LogP contribution in [0.1, 0.15) is 17.2 Å². The molecule has 3 nitrogen and oxygen atoms in total. The standard InChI is InChI=1S/C13H13ClFN3/c14-10-5-8(1-2-11(10)15)13(17)6-9-7-18-4-3-12(9)16/h1-5,7,13H,6,17H2,(H2,16,18). The third kappa shape index (κ3) is 2.78. The highest BCUT2D eigenvalue weighted by atomic mass is 35.5. The van der Waals surface area contributed by atoms with E-state index in [1.54, 1.807) is 24.5 Å². The maximum absolute atomic E-state index is 13.1. The first-order valence-electron chi connectivity index (χ1n) is 5.47. The van der Waals surface area contributed by atoms with E-state index in [1.165, 1.54) is 12.1 Å². The number of aromatic nitrogens is 1. The molecule has 0 radical (unpaired) electrons. The maximum atomic E-state index is 13.1. The highest BCUT2D eigenvalue weighted by Crippen LogP contribution is 2.23. The molecule has 18 heavy (non-hydrogen) atoms. The van der Waals surface area contributed by atoms with Gasteiger partial charge in [0.15, 0.2) is 0 Å². The van der Waals surface area contributed by atoms with Gasteiger partial charge in [0, 0.05) is 24.1 Å². The summed E-state index contributed by atoms with van der Waals surface area (Å²) >= 11 is 5.72. The van der Waals surface area contributed by atoms with E-state index in [4.69, 9.17) is 23.1 Å². The minimum absolute atomic E-state index is 0.0714. The Morgan fingerprint density at radius 1 is 1.33 bits per heavy atom. The molecule has 5 heteroatoms. The van der Waals surface area contributed by atoms with Crippen molar-refractivity contribution >= 4 is 17.3 Å². The van der Waals surface area contributed by atoms with Gasteiger partial charge in [-0.25, -0.2) is 4.39 Å². The number of nitrogens with zero attached hydrogens (tertiary/aromatic N) is 1. The fourth-order valence-electron chi connectivity index (χ4n) is 1.71. The van der Waals surface area contributed by atoms with E-state index >= 15 is 0 Å². The number of anilines is 1. The van der Waals surface area contributed by atoms with Crippen molar-refractivity contribution in [2.45, 2.75) is 12.5 Å². The normalized spacial score (nSPS) is 12.4. The van der Waals surface area contributed by atoms with Crippen LogP contribution in [0.3, 0.4) is 0 Å². The summed E-state index contributed by atoms with van der Waals surface area (Å²) in [6, 6.07) is 5.89. The van der Waals surface area contributed by atoms with Crippen molar-refractivity contribution in [3.63, 3.8) is 0 Å². The Balaban J connectivity index is 2.19. The highest BCUT2D eigenvalue weighted by molar-refractivity contribution is 6.30. The summed E-state index contributed by atoms with van der Waals surface area (Å²) in [5.41, 5.74) is 14.2. The lowest BCUT2D eigenvalue weighted by Crippen LogP contribution is -2.14. The van der Waals surface area contributed by atoms with E-state index in [2.05, 4.69) is 4.98 Å². The van der Waals surface area contributed by atoms with Crippen LogP contribution < -0.4 is 11.5 Å². The largest absolute Gasteiger partial charge is 0.398 e. The molecule has 4 N–H and O–H groups in total. The lowest BCUT2D eigenvalue weighted by molar-refractivity contribution is 0.625. The van der Waals surface area contributed by atoms with Crippen LogP contribution in [-0.4, -0.2) is 4.98 Å². The molecule has 0 aliphatic heterocycles. The molecule has 2 aromatic rings. The fraction of sp³-hybridized carbons (Fsp3) is 0.154. The molecule has 94 valence electrons. The first-order chi connectivity index (χ1) is 8.58. The molecule has 0 aliphatic carbocycles. The minimum atomic E-state index is -0.450. The second kappa shape index (κ2) is 5.33. The zero-order chi connectivity index (χ0) is 13.1. The molecule has 0 saturated heterocycles. The third-order valence-corrected chi connectivity index (χ3v) is 3.04. The van der Waals surface area contributed by atoms with Gasteiger partial charge < -0.3 is 11.5 Å². The molecular weight excluding hydrogens is 253 g/mol. The summed E-state index contributed by atoms with van der Waals surface area (Å²) in [6.07, 6.45) is 3.83. The minimum Gasteiger partial charge on any atom is -0.398 e. The number of benzene rings is 1. The van der Waals surface area contributed by atoms with Gasteiger partial charge in [-0.2, -0.15) is 0 Å². The van der Waals surface area contributed by atoms with Gasteiger partial charge in [0.25, 0.3) is 0 Å². The number of nitrogen functional groups attached to an aromatic ring is 1. The van der Waals surface area contributed by atoms with Gasteiger partial charge in [0.2, 0.25) is 0 Å². The molecule has 1 unspecified atom stereocenters. The van der Waals surface area contributed by atoms with Gasteiger partial charge in [-0.3, -0.25) is 4.98 Å². The van der Waals surface area contributed by atoms with Gasteiger partial charge >= 0.3 is 0 Å². The summed E-state index contributed by atoms with van der Waals surface area (Å²) in [7, 11) is 0. The zero-order valence-corrected chi connectivity index (χ0v) is 10.4. The summed E-state index contributed by atoms with van der Waals surface area (Å²) in [5.74, 6) is -0.450. The first kappa shape index (κ1) is 12.8. The lowest BCUT2D eigenvalue weighted by Gasteiger charge is -2.13. The van der Waals surface area contributed by atoms with Crippen LogP contribution in [0.15, 0.2) is 36.7 Å². The molecule has 2 rings (SSSR count). The predicted octanol–water partition coefficient (Wildman–Crippen LogP) is 2.70. The van der Waals surface area contributed by atoms with Crippen molar-refractivity contribution in [2.75, 3.05) is 5.73 Å². The highest BCUT2D eigenvalue weighted by Gasteiger charge is 2.11. The Bertz CT molecular complexity index is 560. The lowest BCUT2D eigenvalue weighted by atomic mass is 10.00. The molecule has 1 atom stereocenters. The van der Waals surface area contributed by atoms with Crippen LogP contribution >= 0.6 is 11.6 Å². The molecule has 0 saturated carbocycles. The Hall–Kier alpha value is -1.65. The Morgan fingerprint density at radius 2 is 2.11 bits per heavy atom. The average Bonchev–Trinajstić information content (AvgIpc) is 2.35. The van der Waals surface area contributed by atoms with Crippen LogP contribution in [-0.2, 0) is 6.42 Å². The Kier molecular flexibility index (Phi) is 3.79. The fourth-order valence-corrected chi connectivity index (χ4v) is 1.90. The van der Waals surface area contributed by atoms with Crippen LogP contribution in [0.2, 0.25) is 5.02 Å². The van der Waals surface area contributed by atoms with E-state index in [0.717, 1.165) is 11.1 Å². The van der Waals surface area contributed by atoms with Crippen molar-refractivity contribution in [3.8, 4) is 0 Å². The van der Waals surface area contributed by atoms with Crippen molar-refractivity contribution < 1.29 is 4.39 Å². The van der Waals surface area contributed by atoms with Crippen molar-refractivity contribution in [3.05, 3.63) is 58.6 Å². The molecule has 0 aliphatic rings. The maximum Gasteiger partial charge on any atom is 0.141 e. The molecular formula is C13H13ClFN3. The summed E-state index contributed by atoms with van der Waals surface area (Å²) in [6.45, 7) is 0. The number of nitrogens with two attached hydrogens (primary N) is 2. The molecule has 0 spiro atoms. The molecule has 0 fully saturated rings. The average molecular weight is 266 g/mol. The Labute approximate surface area is 110 Å². The van der Waals surface area contributed by atoms with Crippen molar-refractivity contribution in [1.29, 1.82) is 0 Å². The summed E-state index contributed by atoms with van der Waals surface area (Å²) < 4.78 is 13.1. The van der Waals surface area contributed by atoms with Crippen LogP contribution in [0, 0.1) is 5.82 Å². The van der Waals surface area contributed by atoms with E-state index in [9.17, 15) is 4.39 Å². The molecule has 1 heterocycles. The molecule has 0 amide bonds. The second-order valence-corrected chi connectivity index (χ2v) is 4.47. The quantitative estimate of drug-likeness (QED) is 0.897. The van der Waals surface area contributed by atoms with Crippen molar-refractivity contribution in [2.24, 2.45) is 5.73 Å². The third-order valence-electron chi connectivity index (χ3n) is 2.75. The van der Waals surface area contributed by atoms with Gasteiger partial charge in [-0.1, -0.05) is 17.7 Å². The van der Waals surface area contributed by atoms with Crippen LogP contribution in [0.4, 0.5) is 10.1 Å². The number of pyridine rings is 1. The SMILES string of the molecule is Nc1ccncc1CC(N)c1ccc(F)c(Cl)c1. The Morgan fingerprint density at radius 3 is 2.78 bits per heavy atom. The first-order valence-corrected chi connectivity index (χ1v) is 5.84. The van der Waals surface area contributed by atoms with E-state index in [0.29, 0.717) is 12.1 Å². The van der Waals surface area contributed by atoms with Crippen molar-refractivity contribution in [1.82, 2.24) is 4.98 Å². The smallest absolute Gasteiger partial charge is 0.141 e. The van der Waals surface area contributed by atoms with Gasteiger partial charge in [0.05, 0.1) is 5.02 Å². The summed E-state index contributed by atoms with van der Waals surface area (Å²) in [5, 5.41) is 0.0714. The number of hydrogen-bond acceptors (Lipinski definition) is 3.